The summed E-state index contributed by atoms with van der Waals surface area (Å²) < 4.78 is 12.3. The lowest BCUT2D eigenvalue weighted by atomic mass is 9.89. The number of aromatic hydroxyl groups is 1. The van der Waals surface area contributed by atoms with E-state index in [1.54, 1.807) is 12.3 Å². The van der Waals surface area contributed by atoms with Crippen LogP contribution in [0.2, 0.25) is 0 Å². The fraction of sp³-hybridized carbons (Fsp3) is 0.625. The summed E-state index contributed by atoms with van der Waals surface area (Å²) in [6.45, 7) is 8.19. The van der Waals surface area contributed by atoms with Gasteiger partial charge in [-0.2, -0.15) is 0 Å². The Morgan fingerprint density at radius 2 is 1.84 bits per heavy atom. The summed E-state index contributed by atoms with van der Waals surface area (Å²) in [4.78, 5) is 31.5. The zero-order valence-electron chi connectivity index (χ0n) is 25.2. The number of hydrogen-bond donors (Lipinski definition) is 4. The van der Waals surface area contributed by atoms with Gasteiger partial charge in [0, 0.05) is 37.3 Å². The van der Waals surface area contributed by atoms with Crippen molar-refractivity contribution in [2.75, 3.05) is 52.4 Å². The Balaban J connectivity index is 0.885. The number of aliphatic hydroxyl groups excluding tert-OH is 1. The largest absolute Gasteiger partial charge is 0.506 e. The highest BCUT2D eigenvalue weighted by Crippen LogP contribution is 2.32. The zero-order chi connectivity index (χ0) is 30.2. The van der Waals surface area contributed by atoms with E-state index < -0.39 is 6.10 Å². The number of rotatable bonds is 14. The number of carbonyl (C=O) groups excluding carboxylic acids is 1. The Morgan fingerprint density at radius 3 is 2.58 bits per heavy atom. The number of phenolic OH excluding ortho intramolecular Hbond substituents is 1. The number of H-pyrrole nitrogens is 1. The van der Waals surface area contributed by atoms with Gasteiger partial charge in [-0.3, -0.25) is 9.59 Å². The molecular formula is C32H46N4O6S. The van der Waals surface area contributed by atoms with E-state index in [1.807, 2.05) is 17.9 Å². The van der Waals surface area contributed by atoms with E-state index in [4.69, 9.17) is 9.15 Å². The van der Waals surface area contributed by atoms with Crippen molar-refractivity contribution in [3.63, 3.8) is 0 Å². The highest BCUT2D eigenvalue weighted by Gasteiger charge is 2.41. The van der Waals surface area contributed by atoms with Gasteiger partial charge in [0.1, 0.15) is 11.3 Å². The first-order valence-electron chi connectivity index (χ1n) is 15.8. The lowest BCUT2D eigenvalue weighted by Crippen LogP contribution is -2.58. The van der Waals surface area contributed by atoms with Gasteiger partial charge in [0.2, 0.25) is 0 Å². The highest BCUT2D eigenvalue weighted by molar-refractivity contribution is 7.16. The summed E-state index contributed by atoms with van der Waals surface area (Å²) in [5.41, 5.74) is 1.72. The maximum absolute atomic E-state index is 12.9. The van der Waals surface area contributed by atoms with Gasteiger partial charge < -0.3 is 39.5 Å². The molecule has 2 aromatic heterocycles. The normalized spacial score (nSPS) is 18.0. The number of aliphatic hydroxyl groups is 1. The molecule has 11 heteroatoms. The number of benzene rings is 1. The van der Waals surface area contributed by atoms with Crippen molar-refractivity contribution < 1.29 is 24.2 Å². The second-order valence-corrected chi connectivity index (χ2v) is 13.1. The number of amides is 1. The van der Waals surface area contributed by atoms with Gasteiger partial charge in [-0.15, -0.1) is 0 Å². The first kappa shape index (κ1) is 31.7. The molecule has 3 aromatic rings. The van der Waals surface area contributed by atoms with Crippen LogP contribution in [-0.2, 0) is 4.74 Å². The number of furan rings is 1. The summed E-state index contributed by atoms with van der Waals surface area (Å²) in [6.07, 6.45) is 11.2. The lowest BCUT2D eigenvalue weighted by Gasteiger charge is -2.47. The number of fused-ring (bicyclic) bond motifs is 1. The van der Waals surface area contributed by atoms with E-state index in [0.717, 1.165) is 62.3 Å². The molecule has 0 radical (unpaired) electrons. The summed E-state index contributed by atoms with van der Waals surface area (Å²) in [5.74, 6) is 0.455. The molecule has 4 heterocycles. The highest BCUT2D eigenvalue weighted by atomic mass is 32.1. The number of hydrogen-bond acceptors (Lipinski definition) is 9. The third-order valence-electron chi connectivity index (χ3n) is 8.97. The first-order chi connectivity index (χ1) is 20.8. The predicted octanol–water partition coefficient (Wildman–Crippen LogP) is 4.56. The predicted molar refractivity (Wildman–Crippen MR) is 168 cm³/mol. The molecule has 1 unspecified atom stereocenters. The van der Waals surface area contributed by atoms with Crippen molar-refractivity contribution >= 4 is 27.5 Å². The molecule has 1 aromatic carbocycles. The molecule has 1 atom stereocenters. The van der Waals surface area contributed by atoms with Crippen molar-refractivity contribution in [1.82, 2.24) is 20.1 Å². The average molecular weight is 615 g/mol. The van der Waals surface area contributed by atoms with Gasteiger partial charge in [-0.25, -0.2) is 0 Å². The first-order valence-corrected chi connectivity index (χ1v) is 16.6. The fourth-order valence-corrected chi connectivity index (χ4v) is 7.28. The third-order valence-corrected chi connectivity index (χ3v) is 9.90. The Labute approximate surface area is 257 Å². The Morgan fingerprint density at radius 1 is 1.09 bits per heavy atom. The standard InChI is InChI=1S/C32H46N4O6S/c1-23-11-19-41-28(23)30(39)36-18-20-42-32(22-36)12-16-35(17-13-32)15-8-6-4-2-3-5-7-14-33-21-26(38)24-9-10-25(37)27-29(24)43-31(40)34-27/h9-11,19,26,33,37-38H,2-8,12-18,20-22H2,1H3,(H,34,40). The molecule has 0 aliphatic carbocycles. The number of likely N-dealkylation sites (tertiary alicyclic amines) is 1. The number of nitrogens with one attached hydrogen (secondary N) is 2. The third kappa shape index (κ3) is 8.07. The van der Waals surface area contributed by atoms with Crippen LogP contribution in [0.15, 0.2) is 33.7 Å². The molecule has 0 bridgehead atoms. The van der Waals surface area contributed by atoms with E-state index in [9.17, 15) is 19.8 Å². The minimum atomic E-state index is -0.731. The van der Waals surface area contributed by atoms with E-state index in [0.29, 0.717) is 47.8 Å². The van der Waals surface area contributed by atoms with Crippen LogP contribution < -0.4 is 10.2 Å². The number of ether oxygens (including phenoxy) is 1. The molecule has 2 aliphatic rings. The molecule has 0 saturated carbocycles. The van der Waals surface area contributed by atoms with Gasteiger partial charge in [-0.1, -0.05) is 49.5 Å². The Kier molecular flexibility index (Phi) is 11.0. The quantitative estimate of drug-likeness (QED) is 0.195. The van der Waals surface area contributed by atoms with Crippen molar-refractivity contribution in [3.8, 4) is 5.75 Å². The van der Waals surface area contributed by atoms with Crippen LogP contribution in [0.5, 0.6) is 5.75 Å². The molecule has 1 amide bonds. The molecule has 2 aliphatic heterocycles. The van der Waals surface area contributed by atoms with Gasteiger partial charge in [0.15, 0.2) is 5.76 Å². The SMILES string of the molecule is Cc1ccoc1C(=O)N1CCOC2(CCN(CCCCCCCCCNCC(O)c3ccc(O)c4[nH]c(=O)sc34)CC2)C1. The smallest absolute Gasteiger partial charge is 0.305 e. The lowest BCUT2D eigenvalue weighted by molar-refractivity contribution is -0.127. The second kappa shape index (κ2) is 14.9. The molecule has 43 heavy (non-hydrogen) atoms. The number of thiazole rings is 1. The fourth-order valence-electron chi connectivity index (χ4n) is 6.36. The summed E-state index contributed by atoms with van der Waals surface area (Å²) >= 11 is 1.01. The number of nitrogens with zero attached hydrogens (tertiary/aromatic N) is 2. The zero-order valence-corrected chi connectivity index (χ0v) is 26.1. The van der Waals surface area contributed by atoms with Crippen LogP contribution in [0, 0.1) is 6.92 Å². The van der Waals surface area contributed by atoms with Crippen molar-refractivity contribution in [1.29, 1.82) is 0 Å². The second-order valence-electron chi connectivity index (χ2n) is 12.1. The van der Waals surface area contributed by atoms with Gasteiger partial charge >= 0.3 is 4.87 Å². The summed E-state index contributed by atoms with van der Waals surface area (Å²) in [5, 5.41) is 23.8. The number of aromatic nitrogens is 1. The van der Waals surface area contributed by atoms with Gasteiger partial charge in [0.25, 0.3) is 5.91 Å². The molecular weight excluding hydrogens is 568 g/mol. The van der Waals surface area contributed by atoms with Crippen LogP contribution >= 0.6 is 11.3 Å². The molecule has 5 rings (SSSR count). The number of unbranched alkanes of at least 4 members (excludes halogenated alkanes) is 6. The topological polar surface area (TPSA) is 131 Å². The molecule has 1 spiro atoms. The van der Waals surface area contributed by atoms with Gasteiger partial charge in [-0.05, 0) is 57.8 Å². The molecule has 10 nitrogen and oxygen atoms in total. The molecule has 4 N–H and O–H groups in total. The van der Waals surface area contributed by atoms with E-state index in [-0.39, 0.29) is 22.1 Å². The average Bonchev–Trinajstić information content (AvgIpc) is 3.62. The van der Waals surface area contributed by atoms with Crippen LogP contribution in [0.25, 0.3) is 10.2 Å². The Bertz CT molecular complexity index is 1390. The van der Waals surface area contributed by atoms with Crippen LogP contribution in [0.4, 0.5) is 0 Å². The van der Waals surface area contributed by atoms with Crippen molar-refractivity contribution in [2.45, 2.75) is 76.4 Å². The number of carbonyl (C=O) groups is 1. The van der Waals surface area contributed by atoms with Crippen LogP contribution in [0.3, 0.4) is 0 Å². The van der Waals surface area contributed by atoms with Gasteiger partial charge in [0.05, 0.1) is 35.8 Å². The summed E-state index contributed by atoms with van der Waals surface area (Å²) in [6, 6.07) is 5.03. The molecule has 2 saturated heterocycles. The number of piperidine rings is 1. The molecule has 236 valence electrons. The Hall–Kier alpha value is -2.70. The minimum absolute atomic E-state index is 0.0206. The van der Waals surface area contributed by atoms with E-state index in [2.05, 4.69) is 15.2 Å². The minimum Gasteiger partial charge on any atom is -0.506 e. The van der Waals surface area contributed by atoms with Crippen molar-refractivity contribution in [2.24, 2.45) is 0 Å². The number of phenols is 1. The number of aromatic amines is 1. The number of aryl methyl sites for hydroxylation is 1. The molecule has 2 fully saturated rings. The van der Waals surface area contributed by atoms with Crippen LogP contribution in [-0.4, -0.2) is 88.9 Å². The van der Waals surface area contributed by atoms with Crippen molar-refractivity contribution in [3.05, 3.63) is 51.0 Å². The van der Waals surface area contributed by atoms with E-state index >= 15 is 0 Å². The van der Waals surface area contributed by atoms with Crippen LogP contribution in [0.1, 0.15) is 85.6 Å². The summed E-state index contributed by atoms with van der Waals surface area (Å²) in [7, 11) is 0. The maximum atomic E-state index is 12.9. The monoisotopic (exact) mass is 614 g/mol. The number of morpholine rings is 1. The van der Waals surface area contributed by atoms with E-state index in [1.165, 1.54) is 44.6 Å². The maximum Gasteiger partial charge on any atom is 0.305 e.